The van der Waals surface area contributed by atoms with Crippen molar-refractivity contribution in [3.8, 4) is 0 Å². The van der Waals surface area contributed by atoms with Gasteiger partial charge in [-0.2, -0.15) is 13.2 Å². The molecular formula is C20H17ClF3N3O. The Morgan fingerprint density at radius 2 is 1.79 bits per heavy atom. The Labute approximate surface area is 164 Å². The van der Waals surface area contributed by atoms with Gasteiger partial charge in [0.05, 0.1) is 12.1 Å². The van der Waals surface area contributed by atoms with Gasteiger partial charge >= 0.3 is 12.2 Å². The number of halogens is 4. The summed E-state index contributed by atoms with van der Waals surface area (Å²) in [6.07, 6.45) is -2.58. The van der Waals surface area contributed by atoms with Crippen LogP contribution in [0.4, 0.5) is 23.7 Å². The number of carbonyl (C=O) groups is 1. The van der Waals surface area contributed by atoms with Crippen molar-refractivity contribution < 1.29 is 18.0 Å². The summed E-state index contributed by atoms with van der Waals surface area (Å²) in [5.74, 6) is 0. The first-order valence-corrected chi connectivity index (χ1v) is 8.79. The predicted molar refractivity (Wildman–Crippen MR) is 102 cm³/mol. The molecule has 1 heterocycles. The quantitative estimate of drug-likeness (QED) is 0.574. The van der Waals surface area contributed by atoms with Crippen molar-refractivity contribution >= 4 is 23.3 Å². The first-order valence-electron chi connectivity index (χ1n) is 8.42. The zero-order valence-electron chi connectivity index (χ0n) is 14.6. The number of amides is 2. The molecule has 0 atom stereocenters. The minimum atomic E-state index is -4.46. The Kier molecular flexibility index (Phi) is 5.94. The summed E-state index contributed by atoms with van der Waals surface area (Å²) in [5.41, 5.74) is 1.16. The van der Waals surface area contributed by atoms with Crippen molar-refractivity contribution in [2.75, 3.05) is 5.32 Å². The van der Waals surface area contributed by atoms with Crippen LogP contribution in [0.25, 0.3) is 0 Å². The van der Waals surface area contributed by atoms with Crippen LogP contribution in [0.5, 0.6) is 0 Å². The van der Waals surface area contributed by atoms with E-state index >= 15 is 0 Å². The number of alkyl halides is 3. The zero-order valence-corrected chi connectivity index (χ0v) is 15.4. The topological polar surface area (TPSA) is 46.1 Å². The average Bonchev–Trinajstić information content (AvgIpc) is 3.08. The summed E-state index contributed by atoms with van der Waals surface area (Å²) >= 11 is 5.89. The van der Waals surface area contributed by atoms with E-state index in [1.54, 1.807) is 12.1 Å². The molecule has 3 rings (SSSR count). The molecule has 0 saturated carbocycles. The van der Waals surface area contributed by atoms with Gasteiger partial charge in [0.2, 0.25) is 0 Å². The largest absolute Gasteiger partial charge is 0.416 e. The van der Waals surface area contributed by atoms with Crippen molar-refractivity contribution in [2.45, 2.75) is 19.3 Å². The van der Waals surface area contributed by atoms with Gasteiger partial charge in [-0.05, 0) is 48.0 Å². The summed E-state index contributed by atoms with van der Waals surface area (Å²) < 4.78 is 40.2. The Hall–Kier alpha value is -2.93. The number of anilines is 1. The maximum Gasteiger partial charge on any atom is 0.416 e. The monoisotopic (exact) mass is 407 g/mol. The highest BCUT2D eigenvalue weighted by molar-refractivity contribution is 6.30. The molecule has 0 aliphatic rings. The summed E-state index contributed by atoms with van der Waals surface area (Å²) in [5, 5.41) is 5.73. The zero-order chi connectivity index (χ0) is 20.1. The third-order valence-electron chi connectivity index (χ3n) is 4.07. The minimum Gasteiger partial charge on any atom is -0.345 e. The Bertz CT molecular complexity index is 952. The number of benzene rings is 2. The first kappa shape index (κ1) is 19.8. The van der Waals surface area contributed by atoms with E-state index < -0.39 is 17.8 Å². The molecule has 0 fully saturated rings. The normalized spacial score (nSPS) is 11.3. The van der Waals surface area contributed by atoms with E-state index in [0.29, 0.717) is 11.6 Å². The fraction of sp³-hybridized carbons (Fsp3) is 0.150. The Balaban J connectivity index is 1.58. The lowest BCUT2D eigenvalue weighted by atomic mass is 10.2. The lowest BCUT2D eigenvalue weighted by Gasteiger charge is -2.12. The molecule has 2 N–H and O–H groups in total. The highest BCUT2D eigenvalue weighted by atomic mass is 35.5. The molecular weight excluding hydrogens is 391 g/mol. The van der Waals surface area contributed by atoms with Crippen LogP contribution in [0.3, 0.4) is 0 Å². The van der Waals surface area contributed by atoms with Crippen LogP contribution in [-0.4, -0.2) is 10.6 Å². The third-order valence-corrected chi connectivity index (χ3v) is 4.32. The molecule has 0 aliphatic carbocycles. The van der Waals surface area contributed by atoms with Crippen molar-refractivity contribution in [3.63, 3.8) is 0 Å². The second-order valence-corrected chi connectivity index (χ2v) is 6.58. The lowest BCUT2D eigenvalue weighted by Crippen LogP contribution is -2.29. The number of rotatable bonds is 5. The molecule has 0 unspecified atom stereocenters. The fourth-order valence-electron chi connectivity index (χ4n) is 2.67. The van der Waals surface area contributed by atoms with Crippen LogP contribution in [0, 0.1) is 0 Å². The second kappa shape index (κ2) is 8.39. The number of nitrogens with zero attached hydrogens (tertiary/aromatic N) is 1. The van der Waals surface area contributed by atoms with Gasteiger partial charge in [0.1, 0.15) is 0 Å². The van der Waals surface area contributed by atoms with Gasteiger partial charge in [-0.15, -0.1) is 0 Å². The average molecular weight is 408 g/mol. The van der Waals surface area contributed by atoms with Crippen molar-refractivity contribution in [1.29, 1.82) is 0 Å². The molecule has 2 aromatic carbocycles. The summed E-state index contributed by atoms with van der Waals surface area (Å²) in [6, 6.07) is 15.1. The molecule has 0 radical (unpaired) electrons. The van der Waals surface area contributed by atoms with Crippen LogP contribution in [0.15, 0.2) is 66.9 Å². The van der Waals surface area contributed by atoms with Gasteiger partial charge in [-0.3, -0.25) is 0 Å². The summed E-state index contributed by atoms with van der Waals surface area (Å²) in [4.78, 5) is 12.0. The van der Waals surface area contributed by atoms with E-state index in [1.807, 2.05) is 35.0 Å². The molecule has 0 bridgehead atoms. The van der Waals surface area contributed by atoms with E-state index in [0.717, 1.165) is 23.4 Å². The Morgan fingerprint density at radius 3 is 2.50 bits per heavy atom. The molecule has 2 amide bonds. The van der Waals surface area contributed by atoms with E-state index in [4.69, 9.17) is 11.6 Å². The number of aromatic nitrogens is 1. The standard InChI is InChI=1S/C20H17ClF3N3O/c21-16-8-6-14(7-9-16)13-27-10-2-5-18(27)12-25-19(28)26-17-4-1-3-15(11-17)20(22,23)24/h1-11H,12-13H2,(H2,25,26,28). The smallest absolute Gasteiger partial charge is 0.345 e. The predicted octanol–water partition coefficient (Wildman–Crippen LogP) is 5.53. The number of hydrogen-bond donors (Lipinski definition) is 2. The van der Waals surface area contributed by atoms with Gasteiger partial charge in [0.25, 0.3) is 0 Å². The number of nitrogens with one attached hydrogen (secondary N) is 2. The Morgan fingerprint density at radius 1 is 1.04 bits per heavy atom. The van der Waals surface area contributed by atoms with Crippen LogP contribution in [-0.2, 0) is 19.3 Å². The van der Waals surface area contributed by atoms with Crippen LogP contribution in [0.2, 0.25) is 5.02 Å². The van der Waals surface area contributed by atoms with E-state index in [-0.39, 0.29) is 12.2 Å². The molecule has 1 aromatic heterocycles. The third kappa shape index (κ3) is 5.29. The molecule has 0 aliphatic heterocycles. The molecule has 8 heteroatoms. The maximum absolute atomic E-state index is 12.7. The van der Waals surface area contributed by atoms with E-state index in [9.17, 15) is 18.0 Å². The SMILES string of the molecule is O=C(NCc1cccn1Cc1ccc(Cl)cc1)Nc1cccc(C(F)(F)F)c1. The van der Waals surface area contributed by atoms with Crippen LogP contribution >= 0.6 is 11.6 Å². The minimum absolute atomic E-state index is 0.0730. The molecule has 0 spiro atoms. The van der Waals surface area contributed by atoms with Gasteiger partial charge in [-0.1, -0.05) is 29.8 Å². The van der Waals surface area contributed by atoms with Gasteiger partial charge in [0, 0.05) is 29.1 Å². The van der Waals surface area contributed by atoms with Gasteiger partial charge < -0.3 is 15.2 Å². The second-order valence-electron chi connectivity index (χ2n) is 6.14. The highest BCUT2D eigenvalue weighted by Gasteiger charge is 2.30. The number of hydrogen-bond acceptors (Lipinski definition) is 1. The lowest BCUT2D eigenvalue weighted by molar-refractivity contribution is -0.137. The van der Waals surface area contributed by atoms with Crippen LogP contribution < -0.4 is 10.6 Å². The number of urea groups is 1. The van der Waals surface area contributed by atoms with Crippen molar-refractivity contribution in [1.82, 2.24) is 9.88 Å². The molecule has 0 saturated heterocycles. The van der Waals surface area contributed by atoms with Crippen molar-refractivity contribution in [2.24, 2.45) is 0 Å². The highest BCUT2D eigenvalue weighted by Crippen LogP contribution is 2.30. The van der Waals surface area contributed by atoms with Crippen molar-refractivity contribution in [3.05, 3.63) is 88.7 Å². The molecule has 3 aromatic rings. The van der Waals surface area contributed by atoms with Gasteiger partial charge in [0.15, 0.2) is 0 Å². The molecule has 146 valence electrons. The molecule has 28 heavy (non-hydrogen) atoms. The van der Waals surface area contributed by atoms with Crippen LogP contribution in [0.1, 0.15) is 16.8 Å². The molecule has 4 nitrogen and oxygen atoms in total. The summed E-state index contributed by atoms with van der Waals surface area (Å²) in [6.45, 7) is 0.835. The van der Waals surface area contributed by atoms with E-state index in [1.165, 1.54) is 12.1 Å². The first-order chi connectivity index (χ1) is 13.3. The summed E-state index contributed by atoms with van der Waals surface area (Å²) in [7, 11) is 0. The fourth-order valence-corrected chi connectivity index (χ4v) is 2.80. The van der Waals surface area contributed by atoms with E-state index in [2.05, 4.69) is 10.6 Å². The maximum atomic E-state index is 12.7. The number of carbonyl (C=O) groups excluding carboxylic acids is 1. The van der Waals surface area contributed by atoms with Gasteiger partial charge in [-0.25, -0.2) is 4.79 Å².